The highest BCUT2D eigenvalue weighted by Crippen LogP contribution is 2.31. The van der Waals surface area contributed by atoms with E-state index in [0.717, 1.165) is 0 Å². The minimum atomic E-state index is -1.07. The van der Waals surface area contributed by atoms with Gasteiger partial charge in [0.15, 0.2) is 11.6 Å². The molecule has 13 heteroatoms. The number of anilines is 1. The molecule has 4 N–H and O–H groups in total. The van der Waals surface area contributed by atoms with Gasteiger partial charge in [-0.05, 0) is 38.7 Å². The Morgan fingerprint density at radius 3 is 2.36 bits per heavy atom. The Labute approximate surface area is 225 Å². The molecule has 2 aliphatic heterocycles. The predicted molar refractivity (Wildman–Crippen MR) is 140 cm³/mol. The number of nitrogens with two attached hydrogens (primary N) is 1. The molecule has 39 heavy (non-hydrogen) atoms. The Balaban J connectivity index is 1.85. The van der Waals surface area contributed by atoms with Crippen molar-refractivity contribution >= 4 is 40.9 Å². The lowest BCUT2D eigenvalue weighted by Gasteiger charge is -2.30. The van der Waals surface area contributed by atoms with Crippen LogP contribution in [0.25, 0.3) is 0 Å². The summed E-state index contributed by atoms with van der Waals surface area (Å²) in [7, 11) is 0. The fourth-order valence-electron chi connectivity index (χ4n) is 4.80. The number of Topliss-reactive ketones (excluding diaryl/α,β-unsaturated/α-hetero) is 2. The molecule has 13 nitrogen and oxygen atoms in total. The number of hydrogen-bond acceptors (Lipinski definition) is 9. The summed E-state index contributed by atoms with van der Waals surface area (Å²) in [5, 5.41) is 8.60. The summed E-state index contributed by atoms with van der Waals surface area (Å²) >= 11 is 0. The fraction of sp³-hybridized carbons (Fsp3) is 0.538. The van der Waals surface area contributed by atoms with Crippen LogP contribution in [-0.2, 0) is 19.2 Å². The van der Waals surface area contributed by atoms with Gasteiger partial charge in [-0.3, -0.25) is 28.8 Å². The van der Waals surface area contributed by atoms with Gasteiger partial charge in [-0.25, -0.2) is 0 Å². The van der Waals surface area contributed by atoms with Crippen molar-refractivity contribution in [1.29, 1.82) is 0 Å². The number of nitrogens with one attached hydrogen (secondary N) is 2. The quantitative estimate of drug-likeness (QED) is 0.302. The molecule has 1 saturated heterocycles. The van der Waals surface area contributed by atoms with Gasteiger partial charge >= 0.3 is 0 Å². The standard InChI is InChI=1S/C26H34N6O7/c1-13(2)22(23(35)16-7-5-8-17-21(16)19(33)10-11-20(34)32(17)30-39)29-25(37)18-9-6-12-31(18)26(38)15(4)28-24(36)14(3)27/h5,7-8,13-15,18,22H,6,9-12,27H2,1-4H3,(H,28,36)(H,29,37)/t14-,15-,18-,22-/m0/s1. The lowest BCUT2D eigenvalue weighted by atomic mass is 9.89. The maximum Gasteiger partial charge on any atom is 0.250 e. The van der Waals surface area contributed by atoms with Crippen LogP contribution in [-0.4, -0.2) is 70.8 Å². The number of fused-ring (bicyclic) bond motifs is 1. The predicted octanol–water partition coefficient (Wildman–Crippen LogP) is 0.844. The molecule has 0 spiro atoms. The van der Waals surface area contributed by atoms with Gasteiger partial charge in [-0.1, -0.05) is 26.0 Å². The molecule has 2 aliphatic rings. The number of amides is 4. The molecule has 3 rings (SSSR count). The average molecular weight is 543 g/mol. The number of carbonyl (C=O) groups is 6. The van der Waals surface area contributed by atoms with Gasteiger partial charge in [0.05, 0.1) is 28.6 Å². The summed E-state index contributed by atoms with van der Waals surface area (Å²) in [6.45, 7) is 6.75. The van der Waals surface area contributed by atoms with Crippen molar-refractivity contribution in [3.8, 4) is 0 Å². The molecule has 0 aromatic heterocycles. The van der Waals surface area contributed by atoms with Gasteiger partial charge in [-0.2, -0.15) is 5.01 Å². The van der Waals surface area contributed by atoms with Gasteiger partial charge in [0.2, 0.25) is 23.6 Å². The first-order valence-corrected chi connectivity index (χ1v) is 12.9. The summed E-state index contributed by atoms with van der Waals surface area (Å²) in [5.74, 6) is -3.61. The normalized spacial score (nSPS) is 19.6. The van der Waals surface area contributed by atoms with E-state index in [1.165, 1.54) is 36.9 Å². The summed E-state index contributed by atoms with van der Waals surface area (Å²) in [4.78, 5) is 90.0. The highest BCUT2D eigenvalue weighted by molar-refractivity contribution is 6.17. The molecule has 4 atom stereocenters. The van der Waals surface area contributed by atoms with Crippen LogP contribution in [0.2, 0.25) is 0 Å². The number of carbonyl (C=O) groups excluding carboxylic acids is 6. The first-order chi connectivity index (χ1) is 18.4. The zero-order valence-electron chi connectivity index (χ0n) is 22.4. The number of likely N-dealkylation sites (tertiary alicyclic amines) is 1. The monoisotopic (exact) mass is 542 g/mol. The second kappa shape index (κ2) is 12.2. The minimum absolute atomic E-state index is 0.0357. The zero-order valence-corrected chi connectivity index (χ0v) is 22.4. The maximum absolute atomic E-state index is 13.7. The number of nitroso groups, excluding NO2 is 1. The van der Waals surface area contributed by atoms with Crippen molar-refractivity contribution in [3.05, 3.63) is 34.2 Å². The first-order valence-electron chi connectivity index (χ1n) is 12.9. The molecule has 1 fully saturated rings. The summed E-state index contributed by atoms with van der Waals surface area (Å²) in [5.41, 5.74) is 5.36. The second-order valence-electron chi connectivity index (χ2n) is 10.2. The molecule has 0 radical (unpaired) electrons. The third-order valence-electron chi connectivity index (χ3n) is 6.93. The van der Waals surface area contributed by atoms with Crippen LogP contribution >= 0.6 is 0 Å². The molecule has 0 unspecified atom stereocenters. The van der Waals surface area contributed by atoms with Crippen LogP contribution in [0, 0.1) is 10.8 Å². The Morgan fingerprint density at radius 1 is 1.05 bits per heavy atom. The fourth-order valence-corrected chi connectivity index (χ4v) is 4.80. The minimum Gasteiger partial charge on any atom is -0.344 e. The second-order valence-corrected chi connectivity index (χ2v) is 10.2. The van der Waals surface area contributed by atoms with Crippen molar-refractivity contribution in [1.82, 2.24) is 15.5 Å². The van der Waals surface area contributed by atoms with Crippen molar-refractivity contribution in [2.45, 2.75) is 77.5 Å². The van der Waals surface area contributed by atoms with E-state index in [2.05, 4.69) is 15.9 Å². The number of hydrogen-bond donors (Lipinski definition) is 3. The van der Waals surface area contributed by atoms with Crippen molar-refractivity contribution in [2.24, 2.45) is 16.9 Å². The van der Waals surface area contributed by atoms with Gasteiger partial charge in [0, 0.05) is 24.9 Å². The van der Waals surface area contributed by atoms with E-state index in [1.807, 2.05) is 0 Å². The third-order valence-corrected chi connectivity index (χ3v) is 6.93. The lowest BCUT2D eigenvalue weighted by Crippen LogP contribution is -2.56. The van der Waals surface area contributed by atoms with Gasteiger partial charge in [0.25, 0.3) is 0 Å². The number of ketones is 2. The Bertz CT molecular complexity index is 1200. The number of rotatable bonds is 9. The Kier molecular flexibility index (Phi) is 9.28. The Hall–Kier alpha value is -4.00. The van der Waals surface area contributed by atoms with Crippen LogP contribution in [0.4, 0.5) is 5.69 Å². The molecule has 210 valence electrons. The first kappa shape index (κ1) is 29.6. The molecule has 1 aromatic carbocycles. The number of nitrogens with zero attached hydrogens (tertiary/aromatic N) is 3. The van der Waals surface area contributed by atoms with E-state index in [4.69, 9.17) is 5.73 Å². The van der Waals surface area contributed by atoms with E-state index < -0.39 is 65.3 Å². The van der Waals surface area contributed by atoms with Crippen LogP contribution in [0.5, 0.6) is 0 Å². The third kappa shape index (κ3) is 6.19. The van der Waals surface area contributed by atoms with Crippen LogP contribution in [0.15, 0.2) is 23.5 Å². The van der Waals surface area contributed by atoms with E-state index in [-0.39, 0.29) is 29.7 Å². The van der Waals surface area contributed by atoms with Gasteiger partial charge < -0.3 is 21.3 Å². The largest absolute Gasteiger partial charge is 0.344 e. The van der Waals surface area contributed by atoms with E-state index >= 15 is 0 Å². The molecule has 2 heterocycles. The summed E-state index contributed by atoms with van der Waals surface area (Å²) in [6, 6.07) is 0.582. The van der Waals surface area contributed by atoms with E-state index in [9.17, 15) is 33.7 Å². The van der Waals surface area contributed by atoms with Crippen LogP contribution < -0.4 is 21.4 Å². The Morgan fingerprint density at radius 2 is 1.74 bits per heavy atom. The molecule has 0 saturated carbocycles. The molecule has 1 aromatic rings. The smallest absolute Gasteiger partial charge is 0.250 e. The molecular weight excluding hydrogens is 508 g/mol. The highest BCUT2D eigenvalue weighted by Gasteiger charge is 2.39. The van der Waals surface area contributed by atoms with Crippen molar-refractivity contribution < 1.29 is 28.8 Å². The van der Waals surface area contributed by atoms with Crippen LogP contribution in [0.3, 0.4) is 0 Å². The molecule has 0 aliphatic carbocycles. The van der Waals surface area contributed by atoms with E-state index in [0.29, 0.717) is 24.4 Å². The molecule has 0 bridgehead atoms. The average Bonchev–Trinajstić information content (AvgIpc) is 3.35. The highest BCUT2D eigenvalue weighted by atomic mass is 16.3. The zero-order chi connectivity index (χ0) is 29.0. The van der Waals surface area contributed by atoms with E-state index in [1.54, 1.807) is 13.8 Å². The van der Waals surface area contributed by atoms with Crippen LogP contribution in [0.1, 0.15) is 74.1 Å². The summed E-state index contributed by atoms with van der Waals surface area (Å²) < 4.78 is 0. The van der Waals surface area contributed by atoms with Crippen molar-refractivity contribution in [2.75, 3.05) is 11.6 Å². The summed E-state index contributed by atoms with van der Waals surface area (Å²) in [6.07, 6.45) is 0.497. The topological polar surface area (TPSA) is 188 Å². The SMILES string of the molecule is CC(C)[C@H](NC(=O)[C@@H]1CCCN1C(=O)[C@H](C)NC(=O)[C@H](C)N)C(=O)c1cccc2c1C(=O)CCC(=O)N2N=O. The molecular formula is C26H34N6O7. The number of benzene rings is 1. The maximum atomic E-state index is 13.7. The molecule has 4 amide bonds. The van der Waals surface area contributed by atoms with Gasteiger partial charge in [0.1, 0.15) is 12.1 Å². The lowest BCUT2D eigenvalue weighted by molar-refractivity contribution is -0.141. The van der Waals surface area contributed by atoms with Gasteiger partial charge in [-0.15, -0.1) is 4.91 Å². The van der Waals surface area contributed by atoms with Crippen molar-refractivity contribution in [3.63, 3.8) is 0 Å².